The summed E-state index contributed by atoms with van der Waals surface area (Å²) in [5.74, 6) is 0.0257. The van der Waals surface area contributed by atoms with Crippen LogP contribution in [0, 0.1) is 11.3 Å². The molecule has 0 spiro atoms. The van der Waals surface area contributed by atoms with Crippen molar-refractivity contribution in [1.29, 1.82) is 5.26 Å². The molecule has 0 unspecified atom stereocenters. The van der Waals surface area contributed by atoms with E-state index < -0.39 is 6.43 Å². The van der Waals surface area contributed by atoms with E-state index in [2.05, 4.69) is 4.98 Å². The average molecular weight is 227 g/mol. The van der Waals surface area contributed by atoms with Crippen molar-refractivity contribution >= 4 is 0 Å². The highest BCUT2D eigenvalue weighted by molar-refractivity contribution is 5.44. The van der Waals surface area contributed by atoms with Gasteiger partial charge in [0, 0.05) is 18.3 Å². The van der Waals surface area contributed by atoms with Gasteiger partial charge in [0.15, 0.2) is 0 Å². The number of ether oxygens (including phenoxy) is 1. The highest BCUT2D eigenvalue weighted by atomic mass is 19.3. The molecule has 16 heavy (non-hydrogen) atoms. The fraction of sp³-hybridized carbons (Fsp3) is 0.400. The smallest absolute Gasteiger partial charge is 0.268 e. The van der Waals surface area contributed by atoms with Crippen LogP contribution in [0.25, 0.3) is 0 Å². The van der Waals surface area contributed by atoms with Crippen LogP contribution in [0.15, 0.2) is 6.20 Å². The van der Waals surface area contributed by atoms with E-state index in [0.29, 0.717) is 11.3 Å². The summed E-state index contributed by atoms with van der Waals surface area (Å²) in [4.78, 5) is 3.81. The summed E-state index contributed by atoms with van der Waals surface area (Å²) in [7, 11) is 1.29. The van der Waals surface area contributed by atoms with E-state index >= 15 is 0 Å². The molecule has 6 heteroatoms. The molecule has 1 aromatic heterocycles. The molecular formula is C10H11F2N3O. The lowest BCUT2D eigenvalue weighted by Gasteiger charge is -2.14. The van der Waals surface area contributed by atoms with Gasteiger partial charge >= 0.3 is 0 Å². The molecule has 2 N–H and O–H groups in total. The van der Waals surface area contributed by atoms with Crippen LogP contribution in [0.5, 0.6) is 5.75 Å². The Labute approximate surface area is 91.7 Å². The van der Waals surface area contributed by atoms with Crippen molar-refractivity contribution < 1.29 is 13.5 Å². The number of methoxy groups -OCH3 is 1. The van der Waals surface area contributed by atoms with Crippen molar-refractivity contribution in [2.75, 3.05) is 7.11 Å². The highest BCUT2D eigenvalue weighted by Gasteiger charge is 2.20. The Morgan fingerprint density at radius 3 is 2.75 bits per heavy atom. The number of alkyl halides is 2. The first-order valence-electron chi connectivity index (χ1n) is 4.55. The lowest BCUT2D eigenvalue weighted by molar-refractivity contribution is 0.146. The Morgan fingerprint density at radius 2 is 2.31 bits per heavy atom. The quantitative estimate of drug-likeness (QED) is 0.847. The van der Waals surface area contributed by atoms with Crippen molar-refractivity contribution in [3.8, 4) is 11.8 Å². The van der Waals surface area contributed by atoms with E-state index in [0.717, 1.165) is 6.20 Å². The molecule has 1 aromatic rings. The van der Waals surface area contributed by atoms with Crippen molar-refractivity contribution in [1.82, 2.24) is 4.98 Å². The van der Waals surface area contributed by atoms with E-state index in [9.17, 15) is 8.78 Å². The minimum absolute atomic E-state index is 0.00769. The molecule has 0 aliphatic heterocycles. The summed E-state index contributed by atoms with van der Waals surface area (Å²) in [6, 6.07) is 1.90. The van der Waals surface area contributed by atoms with Gasteiger partial charge in [-0.1, -0.05) is 0 Å². The number of hydrogen-bond donors (Lipinski definition) is 1. The van der Waals surface area contributed by atoms with Crippen LogP contribution in [-0.4, -0.2) is 12.1 Å². The first-order chi connectivity index (χ1) is 7.65. The van der Waals surface area contributed by atoms with Gasteiger partial charge in [0.2, 0.25) is 0 Å². The summed E-state index contributed by atoms with van der Waals surface area (Å²) in [5.41, 5.74) is 5.89. The maximum Gasteiger partial charge on any atom is 0.268 e. The molecule has 0 atom stereocenters. The maximum atomic E-state index is 12.6. The average Bonchev–Trinajstić information content (AvgIpc) is 2.28. The van der Waals surface area contributed by atoms with E-state index in [1.807, 2.05) is 6.07 Å². The van der Waals surface area contributed by atoms with E-state index in [4.69, 9.17) is 15.7 Å². The third kappa shape index (κ3) is 2.25. The molecule has 4 nitrogen and oxygen atoms in total. The standard InChI is InChI=1S/C10H11F2N3O/c1-16-9-6(4-14)8(2-3-13)15-5-7(9)10(11)12/h5,10H,2,4,14H2,1H3. The van der Waals surface area contributed by atoms with Gasteiger partial charge in [-0.05, 0) is 0 Å². The van der Waals surface area contributed by atoms with Crippen LogP contribution in [0.3, 0.4) is 0 Å². The molecule has 0 saturated heterocycles. The first-order valence-corrected chi connectivity index (χ1v) is 4.55. The second-order valence-corrected chi connectivity index (χ2v) is 3.01. The first kappa shape index (κ1) is 12.3. The van der Waals surface area contributed by atoms with E-state index in [1.165, 1.54) is 7.11 Å². The topological polar surface area (TPSA) is 71.9 Å². The van der Waals surface area contributed by atoms with Crippen LogP contribution >= 0.6 is 0 Å². The van der Waals surface area contributed by atoms with Gasteiger partial charge < -0.3 is 10.5 Å². The second-order valence-electron chi connectivity index (χ2n) is 3.01. The minimum atomic E-state index is -2.68. The molecule has 0 aliphatic rings. The highest BCUT2D eigenvalue weighted by Crippen LogP contribution is 2.32. The van der Waals surface area contributed by atoms with Crippen LogP contribution in [0.4, 0.5) is 8.78 Å². The predicted octanol–water partition coefficient (Wildman–Crippen LogP) is 1.55. The van der Waals surface area contributed by atoms with Gasteiger partial charge in [-0.3, -0.25) is 4.98 Å². The Hall–Kier alpha value is -1.74. The summed E-state index contributed by atoms with van der Waals surface area (Å²) in [6.45, 7) is 0.00769. The van der Waals surface area contributed by atoms with Crippen molar-refractivity contribution in [3.05, 3.63) is 23.0 Å². The molecule has 0 radical (unpaired) electrons. The number of pyridine rings is 1. The van der Waals surface area contributed by atoms with Gasteiger partial charge in [-0.25, -0.2) is 8.78 Å². The molecule has 0 aliphatic carbocycles. The van der Waals surface area contributed by atoms with Gasteiger partial charge in [-0.15, -0.1) is 0 Å². The van der Waals surface area contributed by atoms with Crippen LogP contribution in [-0.2, 0) is 13.0 Å². The number of aromatic nitrogens is 1. The van der Waals surface area contributed by atoms with Crippen molar-refractivity contribution in [2.24, 2.45) is 5.73 Å². The lowest BCUT2D eigenvalue weighted by Crippen LogP contribution is -2.09. The van der Waals surface area contributed by atoms with Crippen molar-refractivity contribution in [2.45, 2.75) is 19.4 Å². The Balaban J connectivity index is 3.35. The Morgan fingerprint density at radius 1 is 1.62 bits per heavy atom. The number of hydrogen-bond acceptors (Lipinski definition) is 4. The number of rotatable bonds is 4. The zero-order valence-electron chi connectivity index (χ0n) is 8.70. The van der Waals surface area contributed by atoms with Gasteiger partial charge in [0.1, 0.15) is 5.75 Å². The van der Waals surface area contributed by atoms with Crippen LogP contribution < -0.4 is 10.5 Å². The number of nitriles is 1. The molecule has 1 heterocycles. The largest absolute Gasteiger partial charge is 0.496 e. The molecule has 0 bridgehead atoms. The van der Waals surface area contributed by atoms with Gasteiger partial charge in [0.05, 0.1) is 30.9 Å². The molecular weight excluding hydrogens is 216 g/mol. The number of halogens is 2. The molecule has 0 amide bonds. The molecule has 0 fully saturated rings. The molecule has 0 aromatic carbocycles. The predicted molar refractivity (Wildman–Crippen MR) is 53.0 cm³/mol. The summed E-state index contributed by atoms with van der Waals surface area (Å²) in [5, 5.41) is 8.56. The molecule has 1 rings (SSSR count). The summed E-state index contributed by atoms with van der Waals surface area (Å²) < 4.78 is 30.2. The SMILES string of the molecule is COc1c(C(F)F)cnc(CC#N)c1CN. The van der Waals surface area contributed by atoms with Gasteiger partial charge in [0.25, 0.3) is 6.43 Å². The normalized spacial score (nSPS) is 10.2. The number of nitrogens with two attached hydrogens (primary N) is 1. The Bertz CT molecular complexity index is 415. The monoisotopic (exact) mass is 227 g/mol. The Kier molecular flexibility index (Phi) is 4.14. The lowest BCUT2D eigenvalue weighted by atomic mass is 10.1. The number of nitrogens with zero attached hydrogens (tertiary/aromatic N) is 2. The third-order valence-electron chi connectivity index (χ3n) is 2.13. The summed E-state index contributed by atoms with van der Waals surface area (Å²) in [6.07, 6.45) is -1.63. The van der Waals surface area contributed by atoms with E-state index in [1.54, 1.807) is 0 Å². The third-order valence-corrected chi connectivity index (χ3v) is 2.13. The zero-order chi connectivity index (χ0) is 12.1. The van der Waals surface area contributed by atoms with Crippen LogP contribution in [0.1, 0.15) is 23.2 Å². The molecule has 86 valence electrons. The minimum Gasteiger partial charge on any atom is -0.496 e. The van der Waals surface area contributed by atoms with Crippen molar-refractivity contribution in [3.63, 3.8) is 0 Å². The fourth-order valence-electron chi connectivity index (χ4n) is 1.42. The second kappa shape index (κ2) is 5.37. The summed E-state index contributed by atoms with van der Waals surface area (Å²) >= 11 is 0. The fourth-order valence-corrected chi connectivity index (χ4v) is 1.42. The maximum absolute atomic E-state index is 12.6. The van der Waals surface area contributed by atoms with Gasteiger partial charge in [-0.2, -0.15) is 5.26 Å². The zero-order valence-corrected chi connectivity index (χ0v) is 8.70. The molecule has 0 saturated carbocycles. The van der Waals surface area contributed by atoms with E-state index in [-0.39, 0.29) is 24.3 Å². The van der Waals surface area contributed by atoms with Crippen LogP contribution in [0.2, 0.25) is 0 Å².